The van der Waals surface area contributed by atoms with Gasteiger partial charge in [-0.3, -0.25) is 4.79 Å². The Morgan fingerprint density at radius 2 is 1.82 bits per heavy atom. The molecule has 0 saturated carbocycles. The number of carbonyl (C=O) groups excluding carboxylic acids is 1. The number of hydrogen-bond donors (Lipinski definition) is 0. The molecule has 1 unspecified atom stereocenters. The number of rotatable bonds is 3. The van der Waals surface area contributed by atoms with Crippen LogP contribution in [-0.2, 0) is 15.1 Å². The van der Waals surface area contributed by atoms with Gasteiger partial charge in [-0.15, -0.1) is 6.42 Å². The number of terminal acetylenes is 1. The van der Waals surface area contributed by atoms with Crippen molar-refractivity contribution in [2.24, 2.45) is 0 Å². The molecule has 22 heavy (non-hydrogen) atoms. The minimum atomic E-state index is -1.05. The number of esters is 1. The second kappa shape index (κ2) is 6.68. The highest BCUT2D eigenvalue weighted by atomic mass is 79.9. The molecule has 0 aliphatic carbocycles. The lowest BCUT2D eigenvalue weighted by Crippen LogP contribution is -2.26. The first kappa shape index (κ1) is 16.8. The molecule has 0 N–H and O–H groups in total. The van der Waals surface area contributed by atoms with E-state index in [1.165, 1.54) is 6.92 Å². The number of benzene rings is 2. The summed E-state index contributed by atoms with van der Waals surface area (Å²) >= 11 is 6.99. The third-order valence-corrected chi connectivity index (χ3v) is 4.45. The van der Waals surface area contributed by atoms with Crippen molar-refractivity contribution >= 4 is 37.8 Å². The quantitative estimate of drug-likeness (QED) is 0.497. The van der Waals surface area contributed by atoms with Crippen molar-refractivity contribution in [1.29, 1.82) is 0 Å². The molecule has 0 bridgehead atoms. The Labute approximate surface area is 147 Å². The van der Waals surface area contributed by atoms with Crippen molar-refractivity contribution in [3.05, 3.63) is 57.0 Å². The van der Waals surface area contributed by atoms with Crippen LogP contribution in [-0.4, -0.2) is 5.97 Å². The lowest BCUT2D eigenvalue weighted by Gasteiger charge is -2.24. The van der Waals surface area contributed by atoms with Crippen molar-refractivity contribution in [3.63, 3.8) is 0 Å². The van der Waals surface area contributed by atoms with Crippen molar-refractivity contribution in [2.75, 3.05) is 0 Å². The number of hydrogen-bond acceptors (Lipinski definition) is 2. The number of ether oxygens (including phenoxy) is 1. The van der Waals surface area contributed by atoms with Crippen LogP contribution in [0, 0.1) is 12.3 Å². The number of carbonyl (C=O) groups is 1. The Morgan fingerprint density at radius 3 is 2.32 bits per heavy atom. The Kier molecular flexibility index (Phi) is 5.10. The molecule has 112 valence electrons. The van der Waals surface area contributed by atoms with E-state index in [0.717, 1.165) is 25.6 Å². The molecule has 0 spiro atoms. The maximum atomic E-state index is 11.2. The van der Waals surface area contributed by atoms with E-state index in [4.69, 9.17) is 11.2 Å². The monoisotopic (exact) mass is 420 g/mol. The van der Waals surface area contributed by atoms with E-state index in [1.807, 2.05) is 42.5 Å². The summed E-state index contributed by atoms with van der Waals surface area (Å²) in [6.45, 7) is 3.06. The highest BCUT2D eigenvalue weighted by molar-refractivity contribution is 9.11. The highest BCUT2D eigenvalue weighted by Crippen LogP contribution is 2.32. The highest BCUT2D eigenvalue weighted by Gasteiger charge is 2.27. The minimum Gasteiger partial charge on any atom is -0.442 e. The maximum Gasteiger partial charge on any atom is 0.304 e. The van der Waals surface area contributed by atoms with Crippen molar-refractivity contribution in [1.82, 2.24) is 0 Å². The normalized spacial score (nSPS) is 13.0. The van der Waals surface area contributed by atoms with Gasteiger partial charge >= 0.3 is 5.97 Å². The SMILES string of the molecule is C#CC(C)(OC(C)=O)c1ccc(-c2ccc(Br)cc2Br)cc1. The standard InChI is InChI=1S/C18H14Br2O2/c1-4-18(3,22-12(2)21)14-7-5-13(6-8-14)16-10-9-15(19)11-17(16)20/h1,5-11H,2-3H3. The fourth-order valence-corrected chi connectivity index (χ4v) is 3.43. The molecule has 0 radical (unpaired) electrons. The Bertz CT molecular complexity index is 745. The van der Waals surface area contributed by atoms with Crippen molar-refractivity contribution < 1.29 is 9.53 Å². The molecule has 0 aromatic heterocycles. The van der Waals surface area contributed by atoms with Gasteiger partial charge in [0.25, 0.3) is 0 Å². The fraction of sp³-hybridized carbons (Fsp3) is 0.167. The van der Waals surface area contributed by atoms with Crippen LogP contribution in [0.5, 0.6) is 0 Å². The minimum absolute atomic E-state index is 0.403. The van der Waals surface area contributed by atoms with Crippen LogP contribution >= 0.6 is 31.9 Å². The summed E-state index contributed by atoms with van der Waals surface area (Å²) in [7, 11) is 0. The first-order valence-electron chi connectivity index (χ1n) is 6.59. The molecule has 0 saturated heterocycles. The van der Waals surface area contributed by atoms with E-state index < -0.39 is 11.6 Å². The lowest BCUT2D eigenvalue weighted by molar-refractivity contribution is -0.151. The molecule has 2 rings (SSSR count). The summed E-state index contributed by atoms with van der Waals surface area (Å²) in [6, 6.07) is 13.7. The molecular weight excluding hydrogens is 408 g/mol. The Morgan fingerprint density at radius 1 is 1.18 bits per heavy atom. The van der Waals surface area contributed by atoms with E-state index in [2.05, 4.69) is 37.8 Å². The molecule has 4 heteroatoms. The third-order valence-electron chi connectivity index (χ3n) is 3.30. The topological polar surface area (TPSA) is 26.3 Å². The predicted octanol–water partition coefficient (Wildman–Crippen LogP) is 5.29. The van der Waals surface area contributed by atoms with Gasteiger partial charge in [-0.05, 0) is 30.2 Å². The van der Waals surface area contributed by atoms with Crippen LogP contribution in [0.4, 0.5) is 0 Å². The number of halogens is 2. The second-order valence-electron chi connectivity index (χ2n) is 4.97. The van der Waals surface area contributed by atoms with Gasteiger partial charge in [0.1, 0.15) is 0 Å². The van der Waals surface area contributed by atoms with Crippen LogP contribution in [0.3, 0.4) is 0 Å². The van der Waals surface area contributed by atoms with Gasteiger partial charge in [0.05, 0.1) is 0 Å². The van der Waals surface area contributed by atoms with Gasteiger partial charge in [0.2, 0.25) is 0 Å². The Hall–Kier alpha value is -1.57. The molecule has 0 heterocycles. The first-order chi connectivity index (χ1) is 10.4. The predicted molar refractivity (Wildman–Crippen MR) is 95.2 cm³/mol. The van der Waals surface area contributed by atoms with E-state index in [-0.39, 0.29) is 0 Å². The summed E-state index contributed by atoms with van der Waals surface area (Å²) in [4.78, 5) is 11.2. The maximum absolute atomic E-state index is 11.2. The molecular formula is C18H14Br2O2. The molecule has 1 atom stereocenters. The van der Waals surface area contributed by atoms with Gasteiger partial charge in [0.15, 0.2) is 5.60 Å². The molecule has 0 aliphatic rings. The molecule has 2 aromatic carbocycles. The smallest absolute Gasteiger partial charge is 0.304 e. The van der Waals surface area contributed by atoms with Crippen LogP contribution in [0.1, 0.15) is 19.4 Å². The third kappa shape index (κ3) is 3.60. The average Bonchev–Trinajstić information content (AvgIpc) is 2.46. The van der Waals surface area contributed by atoms with E-state index in [9.17, 15) is 4.79 Å². The molecule has 2 nitrogen and oxygen atoms in total. The summed E-state index contributed by atoms with van der Waals surface area (Å²) in [5, 5.41) is 0. The van der Waals surface area contributed by atoms with Gasteiger partial charge < -0.3 is 4.74 Å². The summed E-state index contributed by atoms with van der Waals surface area (Å²) in [5.74, 6) is 2.14. The summed E-state index contributed by atoms with van der Waals surface area (Å²) < 4.78 is 7.27. The second-order valence-corrected chi connectivity index (χ2v) is 6.74. The van der Waals surface area contributed by atoms with Crippen LogP contribution in [0.2, 0.25) is 0 Å². The zero-order valence-electron chi connectivity index (χ0n) is 12.2. The Balaban J connectivity index is 2.38. The van der Waals surface area contributed by atoms with Gasteiger partial charge in [0, 0.05) is 21.4 Å². The van der Waals surface area contributed by atoms with E-state index in [1.54, 1.807) is 6.92 Å². The van der Waals surface area contributed by atoms with Crippen LogP contribution < -0.4 is 0 Å². The molecule has 0 aliphatic heterocycles. The lowest BCUT2D eigenvalue weighted by atomic mass is 9.94. The van der Waals surface area contributed by atoms with Crippen LogP contribution in [0.15, 0.2) is 51.4 Å². The first-order valence-corrected chi connectivity index (χ1v) is 8.17. The van der Waals surface area contributed by atoms with Gasteiger partial charge in [-0.25, -0.2) is 0 Å². The van der Waals surface area contributed by atoms with Gasteiger partial charge in [-0.2, -0.15) is 0 Å². The summed E-state index contributed by atoms with van der Waals surface area (Å²) in [6.07, 6.45) is 5.54. The molecule has 0 amide bonds. The summed E-state index contributed by atoms with van der Waals surface area (Å²) in [5.41, 5.74) is 1.83. The van der Waals surface area contributed by atoms with Crippen molar-refractivity contribution in [3.8, 4) is 23.5 Å². The van der Waals surface area contributed by atoms with Crippen LogP contribution in [0.25, 0.3) is 11.1 Å². The average molecular weight is 422 g/mol. The van der Waals surface area contributed by atoms with Crippen molar-refractivity contribution in [2.45, 2.75) is 19.4 Å². The molecule has 0 fully saturated rings. The fourth-order valence-electron chi connectivity index (χ4n) is 2.15. The van der Waals surface area contributed by atoms with Gasteiger partial charge in [-0.1, -0.05) is 68.1 Å². The van der Waals surface area contributed by atoms with E-state index in [0.29, 0.717) is 0 Å². The molecule has 2 aromatic rings. The largest absolute Gasteiger partial charge is 0.442 e. The van der Waals surface area contributed by atoms with E-state index >= 15 is 0 Å². The zero-order chi connectivity index (χ0) is 16.3. The zero-order valence-corrected chi connectivity index (χ0v) is 15.4.